The Hall–Kier alpha value is -7.08. The van der Waals surface area contributed by atoms with Crippen LogP contribution in [0.4, 0.5) is 22.7 Å². The summed E-state index contributed by atoms with van der Waals surface area (Å²) in [5.74, 6) is -6.16. The first-order chi connectivity index (χ1) is 30.2. The summed E-state index contributed by atoms with van der Waals surface area (Å²) in [5.41, 5.74) is 35.8. The molecule has 0 saturated carbocycles. The Kier molecular flexibility index (Phi) is 67.1. The molecular weight excluding hydrogens is 1050 g/mol. The van der Waals surface area contributed by atoms with Gasteiger partial charge >= 0.3 is 34.1 Å². The number of nitro benzene ring substituents is 4. The van der Waals surface area contributed by atoms with E-state index >= 15 is 0 Å². The number of hydrogen-bond acceptors (Lipinski definition) is 24. The van der Waals surface area contributed by atoms with Crippen molar-refractivity contribution in [1.29, 1.82) is 0 Å². The number of nitrogens with two attached hydrogens (primary N) is 8. The molecule has 4 aromatic carbocycles. The molecule has 0 aliphatic heterocycles. The molecule has 32 nitrogen and oxygen atoms in total. The SMILES string of the molecule is NCCN.NCCN.NCCN.NCCN.O.O.O.O.O=C([O-])c1ccccc1[N+](=O)[O-].O=C([O-])c1ccccc1[N+](=O)[O-].O=C([O-])c1ccccc1[N+](=O)[O-].O=C([O-])c1ccccc1[N+](=O)[O-].[Cu+2].[Cu+2]. The van der Waals surface area contributed by atoms with Crippen molar-refractivity contribution in [3.8, 4) is 0 Å². The molecule has 0 fully saturated rings. The smallest absolute Gasteiger partial charge is 0.545 e. The standard InChI is InChI=1S/4C7H5NO4.4C2H8N2.2Cu.4H2O/c4*9-7(10)5-3-1-2-4-6(5)8(11)12;4*3-1-2-4;;;;;;/h4*1-4H,(H,9,10);4*1-4H2;;;4*1H2/q;;;;;;;;2*+2;;;;/p-4. The average molecular weight is 1100 g/mol. The Morgan fingerprint density at radius 2 is 0.429 bits per heavy atom. The minimum atomic E-state index is -1.54. The molecule has 70 heavy (non-hydrogen) atoms. The summed E-state index contributed by atoms with van der Waals surface area (Å²) in [7, 11) is 0. The Balaban J connectivity index is -0.0000000757. The zero-order valence-corrected chi connectivity index (χ0v) is 38.3. The van der Waals surface area contributed by atoms with Crippen molar-refractivity contribution in [2.24, 2.45) is 45.9 Å². The van der Waals surface area contributed by atoms with Crippen LogP contribution in [0.2, 0.25) is 0 Å². The number of carbonyl (C=O) groups is 4. The van der Waals surface area contributed by atoms with Crippen LogP contribution < -0.4 is 66.3 Å². The van der Waals surface area contributed by atoms with E-state index in [2.05, 4.69) is 0 Å². The number of rotatable bonds is 12. The number of benzene rings is 4. The molecule has 0 unspecified atom stereocenters. The molecule has 402 valence electrons. The predicted molar refractivity (Wildman–Crippen MR) is 237 cm³/mol. The van der Waals surface area contributed by atoms with Crippen LogP contribution in [0.3, 0.4) is 0 Å². The van der Waals surface area contributed by atoms with Crippen LogP contribution in [0.5, 0.6) is 0 Å². The van der Waals surface area contributed by atoms with Crippen LogP contribution in [-0.2, 0) is 34.1 Å². The third kappa shape index (κ3) is 41.1. The van der Waals surface area contributed by atoms with Crippen LogP contribution in [0.25, 0.3) is 0 Å². The second-order valence-corrected chi connectivity index (χ2v) is 10.6. The van der Waals surface area contributed by atoms with Gasteiger partial charge in [-0.2, -0.15) is 0 Å². The van der Waals surface area contributed by atoms with Gasteiger partial charge in [0.25, 0.3) is 22.7 Å². The third-order valence-corrected chi connectivity index (χ3v) is 5.95. The molecule has 4 aromatic rings. The molecule has 0 aliphatic rings. The van der Waals surface area contributed by atoms with Crippen molar-refractivity contribution in [1.82, 2.24) is 0 Å². The molecule has 0 bridgehead atoms. The van der Waals surface area contributed by atoms with E-state index in [1.165, 1.54) is 48.5 Å². The first kappa shape index (κ1) is 86.1. The molecule has 0 saturated heterocycles. The fraction of sp³-hybridized carbons (Fsp3) is 0.222. The largest absolute Gasteiger partial charge is 2.00 e. The molecule has 24 N–H and O–H groups in total. The molecule has 0 aromatic heterocycles. The Labute approximate surface area is 418 Å². The first-order valence-corrected chi connectivity index (χ1v) is 17.6. The van der Waals surface area contributed by atoms with Crippen LogP contribution >= 0.6 is 0 Å². The van der Waals surface area contributed by atoms with Crippen LogP contribution in [0, 0.1) is 40.5 Å². The second kappa shape index (κ2) is 54.5. The number of carbonyl (C=O) groups excluding carboxylic acids is 4. The summed E-state index contributed by atoms with van der Waals surface area (Å²) < 4.78 is 0. The molecule has 2 radical (unpaired) electrons. The number of nitro groups is 4. The maximum absolute atomic E-state index is 10.3. The summed E-state index contributed by atoms with van der Waals surface area (Å²) >= 11 is 0. The van der Waals surface area contributed by atoms with Gasteiger partial charge in [0.1, 0.15) is 0 Å². The Morgan fingerprint density at radius 3 is 0.500 bits per heavy atom. The van der Waals surface area contributed by atoms with Crippen molar-refractivity contribution in [2.75, 3.05) is 52.4 Å². The number of aromatic carboxylic acids is 4. The number of carboxylic acid groups (broad SMARTS) is 4. The third-order valence-electron chi connectivity index (χ3n) is 5.95. The average Bonchev–Trinajstić information content (AvgIpc) is 3.29. The van der Waals surface area contributed by atoms with Crippen molar-refractivity contribution in [2.45, 2.75) is 0 Å². The van der Waals surface area contributed by atoms with Crippen molar-refractivity contribution >= 4 is 46.6 Å². The summed E-state index contributed by atoms with van der Waals surface area (Å²) in [6.45, 7) is 4.78. The summed E-state index contributed by atoms with van der Waals surface area (Å²) in [6.07, 6.45) is 0. The van der Waals surface area contributed by atoms with E-state index in [1.54, 1.807) is 0 Å². The van der Waals surface area contributed by atoms with Gasteiger partial charge in [0.2, 0.25) is 0 Å². The molecule has 0 aliphatic carbocycles. The van der Waals surface area contributed by atoms with Crippen molar-refractivity contribution < 1.29 is 115 Å². The molecule has 0 amide bonds. The second-order valence-electron chi connectivity index (χ2n) is 10.6. The topological polar surface area (TPSA) is 667 Å². The van der Waals surface area contributed by atoms with Gasteiger partial charge < -0.3 is 107 Å². The van der Waals surface area contributed by atoms with E-state index in [9.17, 15) is 80.1 Å². The van der Waals surface area contributed by atoms with E-state index in [4.69, 9.17) is 45.9 Å². The number of nitrogens with zero attached hydrogens (tertiary/aromatic N) is 4. The van der Waals surface area contributed by atoms with E-state index in [1.807, 2.05) is 0 Å². The van der Waals surface area contributed by atoms with Gasteiger partial charge in [0.15, 0.2) is 0 Å². The monoisotopic (exact) mass is 1100 g/mol. The zero-order chi connectivity index (χ0) is 50.2. The molecule has 0 spiro atoms. The normalized spacial score (nSPS) is 8.11. The fourth-order valence-corrected chi connectivity index (χ4v) is 3.22. The number of hydrogen-bond donors (Lipinski definition) is 8. The number of carboxylic acids is 4. The van der Waals surface area contributed by atoms with Gasteiger partial charge in [-0.25, -0.2) is 0 Å². The van der Waals surface area contributed by atoms with E-state index in [-0.39, 0.29) is 56.0 Å². The number of para-hydroxylation sites is 4. The van der Waals surface area contributed by atoms with Gasteiger partial charge in [-0.05, 0) is 24.3 Å². The van der Waals surface area contributed by atoms with Gasteiger partial charge in [-0.3, -0.25) is 40.5 Å². The molecule has 0 heterocycles. The van der Waals surface area contributed by atoms with Crippen molar-refractivity contribution in [3.05, 3.63) is 160 Å². The van der Waals surface area contributed by atoms with E-state index < -0.39 is 88.6 Å². The van der Waals surface area contributed by atoms with E-state index in [0.717, 1.165) is 48.5 Å². The van der Waals surface area contributed by atoms with Crippen LogP contribution in [0.1, 0.15) is 41.4 Å². The molecular formula is C36H56Cu2N12O20. The first-order valence-electron chi connectivity index (χ1n) is 17.6. The summed E-state index contributed by atoms with van der Waals surface area (Å²) in [5, 5.41) is 82.2. The minimum Gasteiger partial charge on any atom is -0.545 e. The molecule has 34 heteroatoms. The Bertz CT molecular complexity index is 1640. The van der Waals surface area contributed by atoms with Gasteiger partial charge in [-0.15, -0.1) is 0 Å². The van der Waals surface area contributed by atoms with Crippen LogP contribution in [-0.4, -0.2) is 118 Å². The molecule has 4 rings (SSSR count). The predicted octanol–water partition coefficient (Wildman–Crippen LogP) is -7.86. The Morgan fingerprint density at radius 1 is 0.314 bits per heavy atom. The zero-order valence-electron chi connectivity index (χ0n) is 36.4. The maximum Gasteiger partial charge on any atom is 2.00 e. The van der Waals surface area contributed by atoms with E-state index in [0.29, 0.717) is 52.4 Å². The fourth-order valence-electron chi connectivity index (χ4n) is 3.22. The van der Waals surface area contributed by atoms with Crippen molar-refractivity contribution in [3.63, 3.8) is 0 Å². The minimum absolute atomic E-state index is 0. The van der Waals surface area contributed by atoms with Gasteiger partial charge in [0, 0.05) is 76.6 Å². The van der Waals surface area contributed by atoms with Crippen LogP contribution in [0.15, 0.2) is 97.1 Å². The quantitative estimate of drug-likeness (QED) is 0.0371. The van der Waals surface area contributed by atoms with Gasteiger partial charge in [0.05, 0.1) is 65.8 Å². The van der Waals surface area contributed by atoms with Gasteiger partial charge in [-0.1, -0.05) is 48.5 Å². The maximum atomic E-state index is 10.3. The summed E-state index contributed by atoms with van der Waals surface area (Å²) in [6, 6.07) is 20.2. The summed E-state index contributed by atoms with van der Waals surface area (Å²) in [4.78, 5) is 79.2. The molecule has 0 atom stereocenters.